The summed E-state index contributed by atoms with van der Waals surface area (Å²) in [6.45, 7) is -0.102. The van der Waals surface area contributed by atoms with E-state index in [2.05, 4.69) is 15.3 Å². The summed E-state index contributed by atoms with van der Waals surface area (Å²) in [6.07, 6.45) is 4.04. The van der Waals surface area contributed by atoms with Gasteiger partial charge in [-0.15, -0.1) is 0 Å². The Morgan fingerprint density at radius 3 is 2.39 bits per heavy atom. The molecular formula is C27H22F2N4O3. The maximum atomic E-state index is 15.1. The molecule has 2 amide bonds. The molecule has 4 rings (SSSR count). The molecule has 4 aromatic rings. The Morgan fingerprint density at radius 2 is 1.69 bits per heavy atom. The molecule has 0 aliphatic carbocycles. The van der Waals surface area contributed by atoms with Crippen molar-refractivity contribution in [2.75, 3.05) is 12.4 Å². The molecule has 36 heavy (non-hydrogen) atoms. The highest BCUT2D eigenvalue weighted by atomic mass is 19.1. The van der Waals surface area contributed by atoms with Crippen molar-refractivity contribution in [2.45, 2.75) is 12.6 Å². The topological polar surface area (TPSA) is 84.4 Å². The van der Waals surface area contributed by atoms with Crippen molar-refractivity contribution >= 4 is 17.5 Å². The smallest absolute Gasteiger partial charge is 0.275 e. The number of hydrogen-bond acceptors (Lipinski definition) is 5. The van der Waals surface area contributed by atoms with Gasteiger partial charge in [0.1, 0.15) is 29.1 Å². The lowest BCUT2D eigenvalue weighted by molar-refractivity contribution is -0.121. The number of benzene rings is 3. The van der Waals surface area contributed by atoms with Crippen LogP contribution in [0, 0.1) is 11.6 Å². The predicted octanol–water partition coefficient (Wildman–Crippen LogP) is 4.79. The van der Waals surface area contributed by atoms with Crippen molar-refractivity contribution in [3.63, 3.8) is 0 Å². The number of carbonyl (C=O) groups is 2. The SMILES string of the molecule is COc1ccccc1CN(C(=O)c1cnccn1)[C@@H](C(=O)Nc1ccc(F)cc1)c1ccccc1F. The molecule has 0 aliphatic rings. The van der Waals surface area contributed by atoms with Crippen LogP contribution in [0.3, 0.4) is 0 Å². The average Bonchev–Trinajstić information content (AvgIpc) is 2.91. The summed E-state index contributed by atoms with van der Waals surface area (Å²) in [5.41, 5.74) is 0.827. The number of para-hydroxylation sites is 1. The number of nitrogens with zero attached hydrogens (tertiary/aromatic N) is 3. The number of rotatable bonds is 8. The molecule has 9 heteroatoms. The lowest BCUT2D eigenvalue weighted by Gasteiger charge is -2.31. The van der Waals surface area contributed by atoms with E-state index in [0.717, 1.165) is 0 Å². The molecule has 0 saturated carbocycles. The zero-order valence-corrected chi connectivity index (χ0v) is 19.3. The van der Waals surface area contributed by atoms with Crippen molar-refractivity contribution < 1.29 is 23.1 Å². The van der Waals surface area contributed by atoms with E-state index in [0.29, 0.717) is 11.3 Å². The van der Waals surface area contributed by atoms with Gasteiger partial charge in [0, 0.05) is 29.2 Å². The Morgan fingerprint density at radius 1 is 0.972 bits per heavy atom. The molecule has 182 valence electrons. The summed E-state index contributed by atoms with van der Waals surface area (Å²) < 4.78 is 33.9. The second kappa shape index (κ2) is 11.2. The van der Waals surface area contributed by atoms with Crippen molar-refractivity contribution in [3.05, 3.63) is 120 Å². The number of hydrogen-bond donors (Lipinski definition) is 1. The van der Waals surface area contributed by atoms with Gasteiger partial charge in [0.2, 0.25) is 0 Å². The minimum atomic E-state index is -1.41. The van der Waals surface area contributed by atoms with E-state index in [4.69, 9.17) is 4.74 Å². The van der Waals surface area contributed by atoms with Gasteiger partial charge in [0.15, 0.2) is 0 Å². The van der Waals surface area contributed by atoms with E-state index in [-0.39, 0.29) is 23.5 Å². The molecule has 0 fully saturated rings. The normalized spacial score (nSPS) is 11.4. The van der Waals surface area contributed by atoms with Crippen LogP contribution in [0.2, 0.25) is 0 Å². The fourth-order valence-electron chi connectivity index (χ4n) is 3.75. The first-order valence-electron chi connectivity index (χ1n) is 11.0. The number of carbonyl (C=O) groups excluding carboxylic acids is 2. The first-order chi connectivity index (χ1) is 17.5. The highest BCUT2D eigenvalue weighted by Gasteiger charge is 2.35. The van der Waals surface area contributed by atoms with E-state index >= 15 is 4.39 Å². The third-order valence-electron chi connectivity index (χ3n) is 5.45. The average molecular weight is 488 g/mol. The summed E-state index contributed by atoms with van der Waals surface area (Å²) in [5.74, 6) is -2.00. The fraction of sp³-hybridized carbons (Fsp3) is 0.111. The highest BCUT2D eigenvalue weighted by Crippen LogP contribution is 2.30. The maximum absolute atomic E-state index is 15.1. The fourth-order valence-corrected chi connectivity index (χ4v) is 3.75. The van der Waals surface area contributed by atoms with Crippen LogP contribution in [0.15, 0.2) is 91.4 Å². The molecule has 3 aromatic carbocycles. The lowest BCUT2D eigenvalue weighted by atomic mass is 10.0. The van der Waals surface area contributed by atoms with Gasteiger partial charge in [-0.2, -0.15) is 0 Å². The Kier molecular flexibility index (Phi) is 7.60. The molecule has 0 spiro atoms. The Balaban J connectivity index is 1.82. The van der Waals surface area contributed by atoms with Gasteiger partial charge in [-0.1, -0.05) is 36.4 Å². The van der Waals surface area contributed by atoms with Gasteiger partial charge in [0.25, 0.3) is 11.8 Å². The maximum Gasteiger partial charge on any atom is 0.275 e. The minimum absolute atomic E-state index is 0.0238. The first-order valence-corrected chi connectivity index (χ1v) is 11.0. The van der Waals surface area contributed by atoms with E-state index in [1.165, 1.54) is 73.1 Å². The van der Waals surface area contributed by atoms with Crippen LogP contribution in [-0.2, 0) is 11.3 Å². The molecule has 1 aromatic heterocycles. The zero-order valence-electron chi connectivity index (χ0n) is 19.3. The van der Waals surface area contributed by atoms with Gasteiger partial charge < -0.3 is 15.0 Å². The largest absolute Gasteiger partial charge is 0.496 e. The molecule has 0 saturated heterocycles. The summed E-state index contributed by atoms with van der Waals surface area (Å²) in [4.78, 5) is 36.6. The van der Waals surface area contributed by atoms with Crippen LogP contribution in [0.25, 0.3) is 0 Å². The summed E-state index contributed by atoms with van der Waals surface area (Å²) >= 11 is 0. The van der Waals surface area contributed by atoms with E-state index in [1.54, 1.807) is 30.3 Å². The van der Waals surface area contributed by atoms with E-state index in [9.17, 15) is 14.0 Å². The number of anilines is 1. The lowest BCUT2D eigenvalue weighted by Crippen LogP contribution is -2.41. The Bertz CT molecular complexity index is 1350. The van der Waals surface area contributed by atoms with Crippen molar-refractivity contribution in [1.29, 1.82) is 0 Å². The van der Waals surface area contributed by atoms with Crippen LogP contribution < -0.4 is 10.1 Å². The third-order valence-corrected chi connectivity index (χ3v) is 5.45. The van der Waals surface area contributed by atoms with Crippen molar-refractivity contribution in [3.8, 4) is 5.75 Å². The molecule has 7 nitrogen and oxygen atoms in total. The summed E-state index contributed by atoms with van der Waals surface area (Å²) in [5, 5.41) is 2.66. The van der Waals surface area contributed by atoms with Crippen LogP contribution in [0.1, 0.15) is 27.7 Å². The van der Waals surface area contributed by atoms with Gasteiger partial charge in [-0.05, 0) is 36.4 Å². The number of aromatic nitrogens is 2. The van der Waals surface area contributed by atoms with Crippen LogP contribution in [0.4, 0.5) is 14.5 Å². The Labute approximate surface area is 206 Å². The molecule has 0 aliphatic heterocycles. The molecule has 0 radical (unpaired) electrons. The minimum Gasteiger partial charge on any atom is -0.496 e. The van der Waals surface area contributed by atoms with Gasteiger partial charge in [-0.25, -0.2) is 13.8 Å². The Hall–Kier alpha value is -4.66. The van der Waals surface area contributed by atoms with Crippen molar-refractivity contribution in [2.24, 2.45) is 0 Å². The number of nitrogens with one attached hydrogen (secondary N) is 1. The third kappa shape index (κ3) is 5.52. The first kappa shape index (κ1) is 24.5. The van der Waals surface area contributed by atoms with Crippen molar-refractivity contribution in [1.82, 2.24) is 14.9 Å². The number of methoxy groups -OCH3 is 1. The van der Waals surface area contributed by atoms with Crippen LogP contribution in [-0.4, -0.2) is 33.8 Å². The van der Waals surface area contributed by atoms with Gasteiger partial charge >= 0.3 is 0 Å². The second-order valence-electron chi connectivity index (χ2n) is 7.76. The number of amides is 2. The van der Waals surface area contributed by atoms with Gasteiger partial charge in [-0.3, -0.25) is 14.6 Å². The molecular weight excluding hydrogens is 466 g/mol. The molecule has 1 atom stereocenters. The van der Waals surface area contributed by atoms with Gasteiger partial charge in [0.05, 0.1) is 19.9 Å². The molecule has 0 unspecified atom stereocenters. The standard InChI is InChI=1S/C27H22F2N4O3/c1-36-24-9-5-2-6-18(24)17-33(27(35)23-16-30-14-15-31-23)25(21-7-3-4-8-22(21)29)26(34)32-20-12-10-19(28)11-13-20/h2-16,25H,17H2,1H3,(H,32,34)/t25-/m1/s1. The zero-order chi connectivity index (χ0) is 25.5. The molecule has 1 N–H and O–H groups in total. The number of ether oxygens (including phenoxy) is 1. The predicted molar refractivity (Wildman–Crippen MR) is 129 cm³/mol. The molecule has 0 bridgehead atoms. The van der Waals surface area contributed by atoms with E-state index < -0.39 is 29.5 Å². The second-order valence-corrected chi connectivity index (χ2v) is 7.76. The highest BCUT2D eigenvalue weighted by molar-refractivity contribution is 6.01. The van der Waals surface area contributed by atoms with Crippen LogP contribution in [0.5, 0.6) is 5.75 Å². The summed E-state index contributed by atoms with van der Waals surface area (Å²) in [7, 11) is 1.49. The number of halogens is 2. The van der Waals surface area contributed by atoms with E-state index in [1.807, 2.05) is 0 Å². The quantitative estimate of drug-likeness (QED) is 0.386. The summed E-state index contributed by atoms with van der Waals surface area (Å²) in [6, 6.07) is 16.4. The monoisotopic (exact) mass is 488 g/mol. The van der Waals surface area contributed by atoms with Crippen LogP contribution >= 0.6 is 0 Å². The molecule has 1 heterocycles.